The van der Waals surface area contributed by atoms with Crippen molar-refractivity contribution >= 4 is 21.6 Å². The Morgan fingerprint density at radius 3 is 3.00 bits per heavy atom. The van der Waals surface area contributed by atoms with Crippen molar-refractivity contribution in [3.8, 4) is 0 Å². The van der Waals surface area contributed by atoms with Crippen LogP contribution >= 0.6 is 15.9 Å². The van der Waals surface area contributed by atoms with Gasteiger partial charge in [0.05, 0.1) is 5.69 Å². The Morgan fingerprint density at radius 1 is 1.45 bits per heavy atom. The minimum atomic E-state index is -0.203. The molecule has 2 aliphatic rings. The van der Waals surface area contributed by atoms with Crippen molar-refractivity contribution in [1.82, 2.24) is 0 Å². The van der Waals surface area contributed by atoms with Crippen LogP contribution in [0.4, 0.5) is 10.1 Å². The molecular formula is C16H20BrFN2. The number of halogens is 2. The molecule has 108 valence electrons. The zero-order chi connectivity index (χ0) is 14.3. The fourth-order valence-corrected chi connectivity index (χ4v) is 4.37. The zero-order valence-electron chi connectivity index (χ0n) is 11.5. The average Bonchev–Trinajstić information content (AvgIpc) is 2.62. The normalized spacial score (nSPS) is 28.6. The molecule has 1 heterocycles. The molecule has 0 radical (unpaired) electrons. The van der Waals surface area contributed by atoms with Crippen molar-refractivity contribution in [3.05, 3.63) is 40.1 Å². The van der Waals surface area contributed by atoms with Crippen molar-refractivity contribution in [2.75, 3.05) is 11.9 Å². The third-order valence-electron chi connectivity index (χ3n) is 4.84. The molecule has 0 amide bonds. The highest BCUT2D eigenvalue weighted by molar-refractivity contribution is 9.10. The van der Waals surface area contributed by atoms with Gasteiger partial charge in [-0.1, -0.05) is 34.5 Å². The van der Waals surface area contributed by atoms with E-state index < -0.39 is 0 Å². The molecule has 1 aromatic carbocycles. The summed E-state index contributed by atoms with van der Waals surface area (Å²) in [6.07, 6.45) is 5.19. The van der Waals surface area contributed by atoms with Crippen molar-refractivity contribution < 1.29 is 4.39 Å². The van der Waals surface area contributed by atoms with Gasteiger partial charge in [0.15, 0.2) is 0 Å². The van der Waals surface area contributed by atoms with E-state index >= 15 is 0 Å². The topological polar surface area (TPSA) is 38.0 Å². The molecule has 20 heavy (non-hydrogen) atoms. The Balaban J connectivity index is 2.21. The zero-order valence-corrected chi connectivity index (χ0v) is 13.1. The summed E-state index contributed by atoms with van der Waals surface area (Å²) >= 11 is 3.42. The maximum atomic E-state index is 14.3. The molecule has 0 spiro atoms. The van der Waals surface area contributed by atoms with Gasteiger partial charge in [-0.3, -0.25) is 0 Å². The molecule has 2 atom stereocenters. The lowest BCUT2D eigenvalue weighted by Gasteiger charge is -2.36. The van der Waals surface area contributed by atoms with Crippen LogP contribution < -0.4 is 11.1 Å². The van der Waals surface area contributed by atoms with Crippen LogP contribution in [0.15, 0.2) is 28.8 Å². The SMILES string of the molecule is C=C1CCCCC2Nc3c(F)cc(Br)cc3C12CCN. The van der Waals surface area contributed by atoms with Crippen LogP contribution in [0.3, 0.4) is 0 Å². The minimum absolute atomic E-state index is 0.188. The number of fused-ring (bicyclic) bond motifs is 3. The van der Waals surface area contributed by atoms with Crippen LogP contribution in [-0.4, -0.2) is 12.6 Å². The van der Waals surface area contributed by atoms with Gasteiger partial charge in [0, 0.05) is 15.9 Å². The van der Waals surface area contributed by atoms with Crippen molar-refractivity contribution in [2.45, 2.75) is 43.6 Å². The van der Waals surface area contributed by atoms with Gasteiger partial charge in [0.2, 0.25) is 0 Å². The maximum absolute atomic E-state index is 14.3. The molecule has 1 saturated carbocycles. The first-order chi connectivity index (χ1) is 9.59. The fourth-order valence-electron chi connectivity index (χ4n) is 3.94. The first-order valence-corrected chi connectivity index (χ1v) is 8.03. The molecule has 2 nitrogen and oxygen atoms in total. The van der Waals surface area contributed by atoms with Crippen molar-refractivity contribution in [2.24, 2.45) is 5.73 Å². The number of hydrogen-bond acceptors (Lipinski definition) is 2. The molecule has 0 saturated heterocycles. The summed E-state index contributed by atoms with van der Waals surface area (Å²) in [5.74, 6) is -0.188. The molecule has 3 rings (SSSR count). The lowest BCUT2D eigenvalue weighted by Crippen LogP contribution is -2.41. The van der Waals surface area contributed by atoms with Gasteiger partial charge in [-0.25, -0.2) is 4.39 Å². The molecule has 4 heteroatoms. The molecule has 1 fully saturated rings. The summed E-state index contributed by atoms with van der Waals surface area (Å²) in [7, 11) is 0. The van der Waals surface area contributed by atoms with E-state index in [1.165, 1.54) is 11.6 Å². The Morgan fingerprint density at radius 2 is 2.25 bits per heavy atom. The summed E-state index contributed by atoms with van der Waals surface area (Å²) in [6.45, 7) is 4.92. The fraction of sp³-hybridized carbons (Fsp3) is 0.500. The molecule has 1 aromatic rings. The lowest BCUT2D eigenvalue weighted by molar-refractivity contribution is 0.411. The van der Waals surface area contributed by atoms with Gasteiger partial charge in [0.25, 0.3) is 0 Å². The predicted molar refractivity (Wildman–Crippen MR) is 84.5 cm³/mol. The van der Waals surface area contributed by atoms with Gasteiger partial charge in [0.1, 0.15) is 5.82 Å². The minimum Gasteiger partial charge on any atom is -0.378 e. The van der Waals surface area contributed by atoms with E-state index in [1.807, 2.05) is 6.07 Å². The van der Waals surface area contributed by atoms with E-state index in [-0.39, 0.29) is 17.3 Å². The summed E-state index contributed by atoms with van der Waals surface area (Å²) in [4.78, 5) is 0. The number of benzene rings is 1. The standard InChI is InChI=1S/C16H20BrFN2/c1-10-4-2-3-5-14-16(10,6-7-19)12-8-11(17)9-13(18)15(12)20-14/h8-9,14,20H,1-7,19H2. The Bertz CT molecular complexity index is 558. The highest BCUT2D eigenvalue weighted by Gasteiger charge is 2.49. The predicted octanol–water partition coefficient (Wildman–Crippen LogP) is 4.10. The van der Waals surface area contributed by atoms with Gasteiger partial charge < -0.3 is 11.1 Å². The van der Waals surface area contributed by atoms with Crippen molar-refractivity contribution in [3.63, 3.8) is 0 Å². The summed E-state index contributed by atoms with van der Waals surface area (Å²) < 4.78 is 15.1. The average molecular weight is 339 g/mol. The van der Waals surface area contributed by atoms with Gasteiger partial charge >= 0.3 is 0 Å². The lowest BCUT2D eigenvalue weighted by atomic mass is 9.68. The Labute approximate surface area is 127 Å². The van der Waals surface area contributed by atoms with E-state index in [0.717, 1.165) is 42.1 Å². The van der Waals surface area contributed by atoms with Crippen LogP contribution in [0.1, 0.15) is 37.7 Å². The molecule has 2 unspecified atom stereocenters. The second-order valence-corrected chi connectivity index (χ2v) is 6.78. The van der Waals surface area contributed by atoms with Crippen LogP contribution in [-0.2, 0) is 5.41 Å². The number of nitrogens with two attached hydrogens (primary N) is 1. The molecule has 1 aliphatic carbocycles. The monoisotopic (exact) mass is 338 g/mol. The molecule has 1 aliphatic heterocycles. The van der Waals surface area contributed by atoms with Crippen LogP contribution in [0.5, 0.6) is 0 Å². The Kier molecular flexibility index (Phi) is 3.63. The highest BCUT2D eigenvalue weighted by Crippen LogP contribution is 2.53. The van der Waals surface area contributed by atoms with E-state index in [1.54, 1.807) is 0 Å². The van der Waals surface area contributed by atoms with Gasteiger partial charge in [-0.2, -0.15) is 0 Å². The van der Waals surface area contributed by atoms with Crippen molar-refractivity contribution in [1.29, 1.82) is 0 Å². The third-order valence-corrected chi connectivity index (χ3v) is 5.30. The second kappa shape index (κ2) is 5.15. The number of nitrogens with one attached hydrogen (secondary N) is 1. The van der Waals surface area contributed by atoms with E-state index in [4.69, 9.17) is 5.73 Å². The van der Waals surface area contributed by atoms with E-state index in [0.29, 0.717) is 12.2 Å². The van der Waals surface area contributed by atoms with Crippen LogP contribution in [0.25, 0.3) is 0 Å². The number of rotatable bonds is 2. The molecular weight excluding hydrogens is 319 g/mol. The molecule has 0 bridgehead atoms. The third kappa shape index (κ3) is 1.92. The highest BCUT2D eigenvalue weighted by atomic mass is 79.9. The maximum Gasteiger partial charge on any atom is 0.147 e. The van der Waals surface area contributed by atoms with Crippen LogP contribution in [0, 0.1) is 5.82 Å². The van der Waals surface area contributed by atoms with Gasteiger partial charge in [-0.05, 0) is 49.9 Å². The van der Waals surface area contributed by atoms with E-state index in [2.05, 4.69) is 27.8 Å². The smallest absolute Gasteiger partial charge is 0.147 e. The number of hydrogen-bond donors (Lipinski definition) is 2. The first-order valence-electron chi connectivity index (χ1n) is 7.24. The second-order valence-electron chi connectivity index (χ2n) is 5.87. The van der Waals surface area contributed by atoms with E-state index in [9.17, 15) is 4.39 Å². The summed E-state index contributed by atoms with van der Waals surface area (Å²) in [6, 6.07) is 3.79. The summed E-state index contributed by atoms with van der Waals surface area (Å²) in [5.41, 5.74) is 8.56. The summed E-state index contributed by atoms with van der Waals surface area (Å²) in [5, 5.41) is 3.42. The van der Waals surface area contributed by atoms with Crippen LogP contribution in [0.2, 0.25) is 0 Å². The quantitative estimate of drug-likeness (QED) is 0.796. The number of anilines is 1. The first kappa shape index (κ1) is 14.1. The molecule has 0 aromatic heterocycles. The molecule has 3 N–H and O–H groups in total. The Hall–Kier alpha value is -0.870. The van der Waals surface area contributed by atoms with Gasteiger partial charge in [-0.15, -0.1) is 0 Å². The largest absolute Gasteiger partial charge is 0.378 e.